The van der Waals surface area contributed by atoms with Gasteiger partial charge < -0.3 is 5.32 Å². The number of nitrogens with zero attached hydrogens (tertiary/aromatic N) is 3. The first-order valence-corrected chi connectivity index (χ1v) is 8.42. The Kier molecular flexibility index (Phi) is 3.87. The lowest BCUT2D eigenvalue weighted by molar-refractivity contribution is 0.0950. The SMILES string of the molecule is O=C(NCc1cc(=O)n2[nH]c(-c3cccs3)cc2n1)c1ccncc1. The molecule has 8 heteroatoms. The van der Waals surface area contributed by atoms with Crippen molar-refractivity contribution in [1.29, 1.82) is 0 Å². The van der Waals surface area contributed by atoms with E-state index in [2.05, 4.69) is 20.4 Å². The van der Waals surface area contributed by atoms with Gasteiger partial charge >= 0.3 is 0 Å². The first kappa shape index (κ1) is 15.3. The second-order valence-corrected chi connectivity index (χ2v) is 6.29. The minimum Gasteiger partial charge on any atom is -0.346 e. The Morgan fingerprint density at radius 3 is 2.84 bits per heavy atom. The molecule has 0 aliphatic carbocycles. The van der Waals surface area contributed by atoms with Crippen LogP contribution >= 0.6 is 11.3 Å². The standard InChI is InChI=1S/C17H13N5O2S/c23-16-8-12(10-19-17(24)11-3-5-18-6-4-11)20-15-9-13(21-22(15)16)14-2-1-7-25-14/h1-9,21H,10H2,(H,19,24). The van der Waals surface area contributed by atoms with E-state index in [-0.39, 0.29) is 18.0 Å². The second-order valence-electron chi connectivity index (χ2n) is 5.35. The van der Waals surface area contributed by atoms with Gasteiger partial charge in [0.05, 0.1) is 22.8 Å². The molecule has 0 aliphatic heterocycles. The number of aromatic nitrogens is 4. The van der Waals surface area contributed by atoms with Gasteiger partial charge in [0.25, 0.3) is 11.5 Å². The quantitative estimate of drug-likeness (QED) is 0.589. The van der Waals surface area contributed by atoms with Crippen LogP contribution in [0.4, 0.5) is 0 Å². The lowest BCUT2D eigenvalue weighted by Crippen LogP contribution is -2.25. The normalized spacial score (nSPS) is 10.9. The summed E-state index contributed by atoms with van der Waals surface area (Å²) in [4.78, 5) is 33.7. The lowest BCUT2D eigenvalue weighted by Gasteiger charge is -2.04. The molecule has 4 aromatic rings. The van der Waals surface area contributed by atoms with Gasteiger partial charge in [-0.1, -0.05) is 6.07 Å². The molecule has 0 fully saturated rings. The van der Waals surface area contributed by atoms with E-state index >= 15 is 0 Å². The zero-order valence-corrected chi connectivity index (χ0v) is 13.8. The number of hydrogen-bond donors (Lipinski definition) is 2. The number of carbonyl (C=O) groups excluding carboxylic acids is 1. The van der Waals surface area contributed by atoms with Gasteiger partial charge in [-0.15, -0.1) is 11.3 Å². The van der Waals surface area contributed by atoms with Crippen molar-refractivity contribution in [2.75, 3.05) is 0 Å². The summed E-state index contributed by atoms with van der Waals surface area (Å²) in [5.74, 6) is -0.238. The van der Waals surface area contributed by atoms with Gasteiger partial charge in [-0.05, 0) is 23.6 Å². The Hall–Kier alpha value is -3.26. The van der Waals surface area contributed by atoms with Crippen LogP contribution in [0, 0.1) is 0 Å². The largest absolute Gasteiger partial charge is 0.346 e. The van der Waals surface area contributed by atoms with Gasteiger partial charge in [0.15, 0.2) is 5.65 Å². The van der Waals surface area contributed by atoms with Crippen molar-refractivity contribution in [3.63, 3.8) is 0 Å². The van der Waals surface area contributed by atoms with Crippen molar-refractivity contribution in [1.82, 2.24) is 24.9 Å². The number of hydrogen-bond acceptors (Lipinski definition) is 5. The molecule has 0 spiro atoms. The molecule has 0 radical (unpaired) electrons. The van der Waals surface area contributed by atoms with Crippen LogP contribution in [-0.2, 0) is 6.54 Å². The molecule has 25 heavy (non-hydrogen) atoms. The number of fused-ring (bicyclic) bond motifs is 1. The topological polar surface area (TPSA) is 92.2 Å². The number of H-pyrrole nitrogens is 1. The third-order valence-electron chi connectivity index (χ3n) is 3.66. The Morgan fingerprint density at radius 2 is 2.08 bits per heavy atom. The predicted octanol–water partition coefficient (Wildman–Crippen LogP) is 2.08. The van der Waals surface area contributed by atoms with E-state index in [0.717, 1.165) is 10.6 Å². The van der Waals surface area contributed by atoms with Crippen LogP contribution in [0.5, 0.6) is 0 Å². The van der Waals surface area contributed by atoms with Gasteiger partial charge in [-0.3, -0.25) is 19.7 Å². The maximum absolute atomic E-state index is 12.3. The fraction of sp³-hybridized carbons (Fsp3) is 0.0588. The number of amides is 1. The van der Waals surface area contributed by atoms with Crippen molar-refractivity contribution in [2.24, 2.45) is 0 Å². The number of rotatable bonds is 4. The molecule has 0 unspecified atom stereocenters. The molecule has 0 bridgehead atoms. The molecule has 124 valence electrons. The van der Waals surface area contributed by atoms with E-state index in [0.29, 0.717) is 16.9 Å². The van der Waals surface area contributed by atoms with Crippen LogP contribution in [0.2, 0.25) is 0 Å². The molecule has 0 saturated carbocycles. The van der Waals surface area contributed by atoms with Gasteiger partial charge in [0.1, 0.15) is 0 Å². The first-order valence-electron chi connectivity index (χ1n) is 7.54. The highest BCUT2D eigenvalue weighted by molar-refractivity contribution is 7.13. The monoisotopic (exact) mass is 351 g/mol. The van der Waals surface area contributed by atoms with Crippen molar-refractivity contribution in [3.8, 4) is 10.6 Å². The summed E-state index contributed by atoms with van der Waals surface area (Å²) in [7, 11) is 0. The van der Waals surface area contributed by atoms with Crippen molar-refractivity contribution in [3.05, 3.63) is 75.8 Å². The summed E-state index contributed by atoms with van der Waals surface area (Å²) in [6.07, 6.45) is 3.11. The summed E-state index contributed by atoms with van der Waals surface area (Å²) >= 11 is 1.58. The van der Waals surface area contributed by atoms with Crippen molar-refractivity contribution < 1.29 is 4.79 Å². The number of nitrogens with one attached hydrogen (secondary N) is 2. The van der Waals surface area contributed by atoms with Crippen LogP contribution < -0.4 is 10.9 Å². The molecule has 4 heterocycles. The highest BCUT2D eigenvalue weighted by Crippen LogP contribution is 2.23. The summed E-state index contributed by atoms with van der Waals surface area (Å²) in [6.45, 7) is 0.173. The smallest absolute Gasteiger partial charge is 0.272 e. The lowest BCUT2D eigenvalue weighted by atomic mass is 10.2. The minimum absolute atomic E-state index is 0.173. The summed E-state index contributed by atoms with van der Waals surface area (Å²) < 4.78 is 1.39. The van der Waals surface area contributed by atoms with Crippen molar-refractivity contribution in [2.45, 2.75) is 6.54 Å². The third kappa shape index (κ3) is 3.07. The average Bonchev–Trinajstić information content (AvgIpc) is 3.30. The highest BCUT2D eigenvalue weighted by atomic mass is 32.1. The summed E-state index contributed by atoms with van der Waals surface area (Å²) in [5.41, 5.74) is 2.14. The fourth-order valence-corrected chi connectivity index (χ4v) is 3.16. The summed E-state index contributed by atoms with van der Waals surface area (Å²) in [5, 5.41) is 7.77. The van der Waals surface area contributed by atoms with Gasteiger partial charge in [0.2, 0.25) is 0 Å². The molecule has 2 N–H and O–H groups in total. The van der Waals surface area contributed by atoms with E-state index in [1.54, 1.807) is 35.9 Å². The molecule has 7 nitrogen and oxygen atoms in total. The molecule has 0 aromatic carbocycles. The van der Waals surface area contributed by atoms with E-state index in [9.17, 15) is 9.59 Å². The van der Waals surface area contributed by atoms with E-state index in [1.165, 1.54) is 10.6 Å². The number of pyridine rings is 1. The van der Waals surface area contributed by atoms with Crippen molar-refractivity contribution >= 4 is 22.9 Å². The fourth-order valence-electron chi connectivity index (χ4n) is 2.47. The zero-order chi connectivity index (χ0) is 17.2. The maximum atomic E-state index is 12.3. The van der Waals surface area contributed by atoms with Gasteiger partial charge in [-0.25, -0.2) is 9.50 Å². The Morgan fingerprint density at radius 1 is 1.24 bits per heavy atom. The highest BCUT2D eigenvalue weighted by Gasteiger charge is 2.10. The Bertz CT molecular complexity index is 1080. The van der Waals surface area contributed by atoms with Crippen LogP contribution in [-0.4, -0.2) is 25.5 Å². The van der Waals surface area contributed by atoms with Crippen LogP contribution in [0.1, 0.15) is 16.1 Å². The molecule has 1 amide bonds. The predicted molar refractivity (Wildman–Crippen MR) is 94.5 cm³/mol. The maximum Gasteiger partial charge on any atom is 0.272 e. The van der Waals surface area contributed by atoms with E-state index < -0.39 is 0 Å². The molecule has 0 saturated heterocycles. The molecular formula is C17H13N5O2S. The van der Waals surface area contributed by atoms with Gasteiger partial charge in [0, 0.05) is 30.1 Å². The van der Waals surface area contributed by atoms with Crippen LogP contribution in [0.3, 0.4) is 0 Å². The molecule has 4 aromatic heterocycles. The Labute approximate surface area is 146 Å². The molecule has 0 aliphatic rings. The van der Waals surface area contributed by atoms with E-state index in [4.69, 9.17) is 0 Å². The Balaban J connectivity index is 1.58. The number of thiophene rings is 1. The molecule has 4 rings (SSSR count). The molecule has 0 atom stereocenters. The minimum atomic E-state index is -0.238. The van der Waals surface area contributed by atoms with Crippen LogP contribution in [0.25, 0.3) is 16.2 Å². The van der Waals surface area contributed by atoms with E-state index in [1.807, 2.05) is 23.6 Å². The third-order valence-corrected chi connectivity index (χ3v) is 4.57. The van der Waals surface area contributed by atoms with Gasteiger partial charge in [-0.2, -0.15) is 0 Å². The summed E-state index contributed by atoms with van der Waals surface area (Å²) in [6, 6.07) is 10.4. The zero-order valence-electron chi connectivity index (χ0n) is 13.0. The number of aromatic amines is 1. The molecular weight excluding hydrogens is 338 g/mol. The average molecular weight is 351 g/mol. The second kappa shape index (κ2) is 6.33. The first-order chi connectivity index (χ1) is 12.2. The van der Waals surface area contributed by atoms with Crippen LogP contribution in [0.15, 0.2) is 59.0 Å². The number of carbonyl (C=O) groups is 1.